The van der Waals surface area contributed by atoms with E-state index < -0.39 is 0 Å². The van der Waals surface area contributed by atoms with Crippen molar-refractivity contribution in [3.63, 3.8) is 0 Å². The average Bonchev–Trinajstić information content (AvgIpc) is 2.14. The normalized spacial score (nSPS) is 27.7. The van der Waals surface area contributed by atoms with Crippen LogP contribution in [0.15, 0.2) is 34.9 Å². The van der Waals surface area contributed by atoms with E-state index in [9.17, 15) is 0 Å². The van der Waals surface area contributed by atoms with Gasteiger partial charge in [-0.25, -0.2) is 0 Å². The molecule has 0 heterocycles. The van der Waals surface area contributed by atoms with Crippen LogP contribution in [0, 0.1) is 5.41 Å². The van der Waals surface area contributed by atoms with Gasteiger partial charge in [-0.1, -0.05) is 48.3 Å². The van der Waals surface area contributed by atoms with Crippen molar-refractivity contribution in [1.29, 1.82) is 0 Å². The summed E-state index contributed by atoms with van der Waals surface area (Å²) in [5.41, 5.74) is 4.74. The Morgan fingerprint density at radius 1 is 1.06 bits per heavy atom. The standard InChI is InChI=1S/C16H26/c1-13(2)9-10-15-8-6-7-11-16(15,5)12-14(3)4/h9-10,12H,6-8,11H2,1-5H3/b15-10+. The minimum absolute atomic E-state index is 0.309. The van der Waals surface area contributed by atoms with Crippen molar-refractivity contribution < 1.29 is 0 Å². The summed E-state index contributed by atoms with van der Waals surface area (Å²) >= 11 is 0. The van der Waals surface area contributed by atoms with E-state index in [1.165, 1.54) is 36.8 Å². The molecule has 0 spiro atoms. The van der Waals surface area contributed by atoms with Crippen LogP contribution in [0.1, 0.15) is 60.3 Å². The molecule has 16 heavy (non-hydrogen) atoms. The molecule has 1 aliphatic rings. The van der Waals surface area contributed by atoms with Crippen molar-refractivity contribution >= 4 is 0 Å². The number of hydrogen-bond donors (Lipinski definition) is 0. The van der Waals surface area contributed by atoms with E-state index in [2.05, 4.69) is 52.8 Å². The van der Waals surface area contributed by atoms with Gasteiger partial charge in [0.05, 0.1) is 0 Å². The number of allylic oxidation sites excluding steroid dienone is 6. The lowest BCUT2D eigenvalue weighted by Crippen LogP contribution is -2.21. The van der Waals surface area contributed by atoms with Crippen LogP contribution in [-0.2, 0) is 0 Å². The molecule has 0 N–H and O–H groups in total. The topological polar surface area (TPSA) is 0 Å². The summed E-state index contributed by atoms with van der Waals surface area (Å²) in [6.07, 6.45) is 12.4. The first-order valence-electron chi connectivity index (χ1n) is 6.45. The predicted molar refractivity (Wildman–Crippen MR) is 73.5 cm³/mol. The summed E-state index contributed by atoms with van der Waals surface area (Å²) in [7, 11) is 0. The Morgan fingerprint density at radius 3 is 2.31 bits per heavy atom. The quantitative estimate of drug-likeness (QED) is 0.542. The summed E-state index contributed by atoms with van der Waals surface area (Å²) in [5.74, 6) is 0. The van der Waals surface area contributed by atoms with E-state index in [1.54, 1.807) is 5.57 Å². The van der Waals surface area contributed by atoms with Crippen LogP contribution < -0.4 is 0 Å². The van der Waals surface area contributed by atoms with Gasteiger partial charge in [0, 0.05) is 5.41 Å². The molecule has 1 atom stereocenters. The van der Waals surface area contributed by atoms with Crippen molar-refractivity contribution in [3.8, 4) is 0 Å². The third-order valence-electron chi connectivity index (χ3n) is 3.35. The minimum Gasteiger partial charge on any atom is -0.0796 e. The van der Waals surface area contributed by atoms with Gasteiger partial charge in [0.2, 0.25) is 0 Å². The SMILES string of the molecule is CC(C)=C/C=C1\CCCCC1(C)C=C(C)C. The van der Waals surface area contributed by atoms with Gasteiger partial charge in [-0.05, 0) is 47.0 Å². The fourth-order valence-electron chi connectivity index (χ4n) is 2.60. The maximum absolute atomic E-state index is 2.46. The summed E-state index contributed by atoms with van der Waals surface area (Å²) in [5, 5.41) is 0. The van der Waals surface area contributed by atoms with Crippen molar-refractivity contribution in [2.45, 2.75) is 60.3 Å². The minimum atomic E-state index is 0.309. The van der Waals surface area contributed by atoms with E-state index in [1.807, 2.05) is 0 Å². The molecular weight excluding hydrogens is 192 g/mol. The van der Waals surface area contributed by atoms with E-state index in [0.29, 0.717) is 5.41 Å². The van der Waals surface area contributed by atoms with Crippen LogP contribution >= 0.6 is 0 Å². The van der Waals surface area contributed by atoms with Gasteiger partial charge in [0.15, 0.2) is 0 Å². The van der Waals surface area contributed by atoms with E-state index in [-0.39, 0.29) is 0 Å². The number of hydrogen-bond acceptors (Lipinski definition) is 0. The second-order valence-corrected chi connectivity index (χ2v) is 5.78. The first-order chi connectivity index (χ1) is 7.44. The third kappa shape index (κ3) is 3.66. The molecule has 0 aliphatic heterocycles. The van der Waals surface area contributed by atoms with E-state index in [0.717, 1.165) is 0 Å². The Morgan fingerprint density at radius 2 is 1.75 bits per heavy atom. The van der Waals surface area contributed by atoms with Crippen LogP contribution in [0.25, 0.3) is 0 Å². The van der Waals surface area contributed by atoms with Gasteiger partial charge >= 0.3 is 0 Å². The summed E-state index contributed by atoms with van der Waals surface area (Å²) in [4.78, 5) is 0. The second kappa shape index (κ2) is 5.52. The molecule has 90 valence electrons. The summed E-state index contributed by atoms with van der Waals surface area (Å²) < 4.78 is 0. The lowest BCUT2D eigenvalue weighted by Gasteiger charge is -2.34. The summed E-state index contributed by atoms with van der Waals surface area (Å²) in [6.45, 7) is 11.1. The molecule has 1 fully saturated rings. The molecule has 1 rings (SSSR count). The Bertz CT molecular complexity index is 320. The van der Waals surface area contributed by atoms with Gasteiger partial charge in [0.25, 0.3) is 0 Å². The first kappa shape index (κ1) is 13.3. The second-order valence-electron chi connectivity index (χ2n) is 5.78. The Balaban J connectivity index is 2.99. The van der Waals surface area contributed by atoms with Crippen LogP contribution in [0.3, 0.4) is 0 Å². The highest BCUT2D eigenvalue weighted by Crippen LogP contribution is 2.42. The fourth-order valence-corrected chi connectivity index (χ4v) is 2.60. The average molecular weight is 218 g/mol. The zero-order valence-electron chi connectivity index (χ0n) is 11.6. The van der Waals surface area contributed by atoms with Gasteiger partial charge in [0.1, 0.15) is 0 Å². The van der Waals surface area contributed by atoms with Crippen molar-refractivity contribution in [3.05, 3.63) is 34.9 Å². The molecule has 0 heteroatoms. The lowest BCUT2D eigenvalue weighted by atomic mass is 9.70. The van der Waals surface area contributed by atoms with Gasteiger partial charge in [-0.15, -0.1) is 0 Å². The lowest BCUT2D eigenvalue weighted by molar-refractivity contribution is 0.379. The molecular formula is C16H26. The highest BCUT2D eigenvalue weighted by molar-refractivity contribution is 5.28. The van der Waals surface area contributed by atoms with Gasteiger partial charge in [-0.2, -0.15) is 0 Å². The summed E-state index contributed by atoms with van der Waals surface area (Å²) in [6, 6.07) is 0. The zero-order valence-corrected chi connectivity index (χ0v) is 11.6. The van der Waals surface area contributed by atoms with Crippen LogP contribution in [0.4, 0.5) is 0 Å². The molecule has 0 amide bonds. The number of rotatable bonds is 2. The molecule has 0 radical (unpaired) electrons. The Labute approximate surface area is 101 Å². The smallest absolute Gasteiger partial charge is 0.00680 e. The van der Waals surface area contributed by atoms with E-state index in [4.69, 9.17) is 0 Å². The van der Waals surface area contributed by atoms with Crippen molar-refractivity contribution in [2.75, 3.05) is 0 Å². The maximum Gasteiger partial charge on any atom is 0.00680 e. The van der Waals surface area contributed by atoms with Gasteiger partial charge in [-0.3, -0.25) is 0 Å². The predicted octanol–water partition coefficient (Wildman–Crippen LogP) is 5.43. The molecule has 0 aromatic rings. The Kier molecular flexibility index (Phi) is 4.58. The first-order valence-corrected chi connectivity index (χ1v) is 6.45. The monoisotopic (exact) mass is 218 g/mol. The fraction of sp³-hybridized carbons (Fsp3) is 0.625. The molecule has 1 aliphatic carbocycles. The van der Waals surface area contributed by atoms with Crippen LogP contribution in [0.2, 0.25) is 0 Å². The molecule has 0 bridgehead atoms. The van der Waals surface area contributed by atoms with Crippen molar-refractivity contribution in [1.82, 2.24) is 0 Å². The molecule has 0 nitrogen and oxygen atoms in total. The largest absolute Gasteiger partial charge is 0.0796 e. The highest BCUT2D eigenvalue weighted by atomic mass is 14.3. The molecule has 0 saturated heterocycles. The molecule has 0 aromatic carbocycles. The van der Waals surface area contributed by atoms with Crippen molar-refractivity contribution in [2.24, 2.45) is 5.41 Å². The van der Waals surface area contributed by atoms with Crippen LogP contribution in [0.5, 0.6) is 0 Å². The molecule has 0 aromatic heterocycles. The third-order valence-corrected chi connectivity index (χ3v) is 3.35. The molecule has 1 unspecified atom stereocenters. The zero-order chi connectivity index (χ0) is 12.2. The highest BCUT2D eigenvalue weighted by Gasteiger charge is 2.28. The van der Waals surface area contributed by atoms with Gasteiger partial charge < -0.3 is 0 Å². The van der Waals surface area contributed by atoms with Crippen LogP contribution in [-0.4, -0.2) is 0 Å². The maximum atomic E-state index is 2.46. The Hall–Kier alpha value is -0.780. The molecule has 1 saturated carbocycles. The van der Waals surface area contributed by atoms with E-state index >= 15 is 0 Å².